The first-order valence-corrected chi connectivity index (χ1v) is 7.02. The average molecular weight is 309 g/mol. The van der Waals surface area contributed by atoms with Crippen LogP contribution in [0.3, 0.4) is 0 Å². The minimum Gasteiger partial charge on any atom is -0.484 e. The first-order valence-electron chi connectivity index (χ1n) is 7.02. The third-order valence-corrected chi connectivity index (χ3v) is 3.33. The highest BCUT2D eigenvalue weighted by Gasteiger charge is 2.11. The van der Waals surface area contributed by atoms with Gasteiger partial charge in [0.2, 0.25) is 0 Å². The number of rotatable bonds is 5. The van der Waals surface area contributed by atoms with E-state index in [1.165, 1.54) is 11.0 Å². The number of hydrogen-bond acceptors (Lipinski definition) is 5. The van der Waals surface area contributed by atoms with E-state index >= 15 is 0 Å². The molecule has 0 spiro atoms. The van der Waals surface area contributed by atoms with Crippen LogP contribution in [0, 0.1) is 0 Å². The summed E-state index contributed by atoms with van der Waals surface area (Å²) in [6, 6.07) is 16.6. The fourth-order valence-electron chi connectivity index (χ4n) is 2.01. The summed E-state index contributed by atoms with van der Waals surface area (Å²) in [6.45, 7) is -0.0321. The minimum atomic E-state index is -0.124. The molecule has 0 bridgehead atoms. The van der Waals surface area contributed by atoms with E-state index < -0.39 is 0 Å². The first kappa shape index (κ1) is 14.7. The van der Waals surface area contributed by atoms with Gasteiger partial charge in [-0.1, -0.05) is 18.2 Å². The van der Waals surface area contributed by atoms with E-state index in [0.717, 1.165) is 11.4 Å². The maximum atomic E-state index is 12.1. The second-order valence-electron chi connectivity index (χ2n) is 4.83. The number of para-hydroxylation sites is 1. The summed E-state index contributed by atoms with van der Waals surface area (Å²) in [5.41, 5.74) is 1.64. The van der Waals surface area contributed by atoms with Gasteiger partial charge in [0.15, 0.2) is 6.61 Å². The average Bonchev–Trinajstić information content (AvgIpc) is 3.15. The van der Waals surface area contributed by atoms with E-state index in [-0.39, 0.29) is 12.5 Å². The Bertz CT molecular complexity index is 757. The predicted octanol–water partition coefficient (Wildman–Crippen LogP) is 1.70. The van der Waals surface area contributed by atoms with Crippen LogP contribution < -0.4 is 9.64 Å². The van der Waals surface area contributed by atoms with E-state index in [1.807, 2.05) is 42.5 Å². The number of hydrogen-bond donors (Lipinski definition) is 0. The number of anilines is 1. The van der Waals surface area contributed by atoms with E-state index in [2.05, 4.69) is 15.5 Å². The Kier molecular flexibility index (Phi) is 4.28. The highest BCUT2D eigenvalue weighted by Crippen LogP contribution is 2.15. The molecule has 0 atom stereocenters. The molecule has 2 aromatic carbocycles. The number of benzene rings is 2. The van der Waals surface area contributed by atoms with Gasteiger partial charge in [0.1, 0.15) is 12.1 Å². The van der Waals surface area contributed by atoms with Crippen molar-refractivity contribution in [2.45, 2.75) is 0 Å². The molecule has 0 aliphatic rings. The second kappa shape index (κ2) is 6.69. The maximum Gasteiger partial charge on any atom is 0.264 e. The molecule has 0 radical (unpaired) electrons. The van der Waals surface area contributed by atoms with Crippen molar-refractivity contribution in [2.75, 3.05) is 18.6 Å². The Morgan fingerprint density at radius 3 is 2.52 bits per heavy atom. The van der Waals surface area contributed by atoms with Crippen LogP contribution in [-0.4, -0.2) is 39.8 Å². The normalized spacial score (nSPS) is 10.3. The molecule has 0 unspecified atom stereocenters. The lowest BCUT2D eigenvalue weighted by molar-refractivity contribution is -0.120. The van der Waals surface area contributed by atoms with Gasteiger partial charge in [0.05, 0.1) is 5.69 Å². The van der Waals surface area contributed by atoms with Crippen molar-refractivity contribution in [1.29, 1.82) is 0 Å². The molecule has 3 rings (SSSR count). The van der Waals surface area contributed by atoms with E-state index in [1.54, 1.807) is 24.1 Å². The van der Waals surface area contributed by atoms with Crippen LogP contribution in [0.5, 0.6) is 5.75 Å². The Morgan fingerprint density at radius 1 is 1.13 bits per heavy atom. The molecule has 7 heteroatoms. The van der Waals surface area contributed by atoms with Crippen molar-refractivity contribution in [3.63, 3.8) is 0 Å². The number of carbonyl (C=O) groups is 1. The molecule has 0 N–H and O–H groups in total. The van der Waals surface area contributed by atoms with E-state index in [0.29, 0.717) is 5.75 Å². The molecule has 0 saturated heterocycles. The topological polar surface area (TPSA) is 73.1 Å². The number of aromatic nitrogens is 4. The smallest absolute Gasteiger partial charge is 0.264 e. The predicted molar refractivity (Wildman–Crippen MR) is 84.5 cm³/mol. The van der Waals surface area contributed by atoms with Crippen LogP contribution in [0.1, 0.15) is 0 Å². The molecule has 1 amide bonds. The van der Waals surface area contributed by atoms with E-state index in [9.17, 15) is 4.79 Å². The van der Waals surface area contributed by atoms with Crippen LogP contribution in [0.25, 0.3) is 5.69 Å². The molecule has 116 valence electrons. The fraction of sp³-hybridized carbons (Fsp3) is 0.125. The first-order chi connectivity index (χ1) is 11.2. The monoisotopic (exact) mass is 309 g/mol. The second-order valence-corrected chi connectivity index (χ2v) is 4.83. The van der Waals surface area contributed by atoms with E-state index in [4.69, 9.17) is 4.74 Å². The largest absolute Gasteiger partial charge is 0.484 e. The van der Waals surface area contributed by atoms with Gasteiger partial charge in [-0.25, -0.2) is 4.68 Å². The number of ether oxygens (including phenoxy) is 1. The Balaban J connectivity index is 1.59. The summed E-state index contributed by atoms with van der Waals surface area (Å²) in [7, 11) is 1.72. The molecular formula is C16H15N5O2. The van der Waals surface area contributed by atoms with Crippen LogP contribution in [0.4, 0.5) is 5.69 Å². The Morgan fingerprint density at radius 2 is 1.87 bits per heavy atom. The van der Waals surface area contributed by atoms with Crippen LogP contribution >= 0.6 is 0 Å². The third kappa shape index (κ3) is 3.52. The molecule has 23 heavy (non-hydrogen) atoms. The summed E-state index contributed by atoms with van der Waals surface area (Å²) in [6.07, 6.45) is 1.51. The zero-order valence-corrected chi connectivity index (χ0v) is 12.5. The van der Waals surface area contributed by atoms with Gasteiger partial charge in [-0.05, 0) is 46.8 Å². The quantitative estimate of drug-likeness (QED) is 0.717. The molecule has 1 aromatic heterocycles. The van der Waals surface area contributed by atoms with Gasteiger partial charge in [-0.3, -0.25) is 4.79 Å². The van der Waals surface area contributed by atoms with Gasteiger partial charge >= 0.3 is 0 Å². The summed E-state index contributed by atoms with van der Waals surface area (Å²) in [5, 5.41) is 11.0. The van der Waals surface area contributed by atoms with Crippen molar-refractivity contribution in [2.24, 2.45) is 0 Å². The molecule has 0 saturated carbocycles. The number of amides is 1. The summed E-state index contributed by atoms with van der Waals surface area (Å²) >= 11 is 0. The highest BCUT2D eigenvalue weighted by atomic mass is 16.5. The van der Waals surface area contributed by atoms with Crippen LogP contribution in [0.2, 0.25) is 0 Å². The summed E-state index contributed by atoms with van der Waals surface area (Å²) < 4.78 is 7.07. The fourth-order valence-corrected chi connectivity index (χ4v) is 2.01. The standard InChI is InChI=1S/C16H15N5O2/c1-20(13-5-3-2-4-6-13)16(22)11-23-15-9-7-14(8-10-15)21-12-17-18-19-21/h2-10,12H,11H2,1H3. The van der Waals surface area contributed by atoms with Gasteiger partial charge in [-0.2, -0.15) is 0 Å². The highest BCUT2D eigenvalue weighted by molar-refractivity contribution is 5.93. The van der Waals surface area contributed by atoms with Gasteiger partial charge in [0, 0.05) is 12.7 Å². The molecular weight excluding hydrogens is 294 g/mol. The number of carbonyl (C=O) groups excluding carboxylic acids is 1. The van der Waals surface area contributed by atoms with Crippen molar-refractivity contribution in [1.82, 2.24) is 20.2 Å². The molecule has 0 fully saturated rings. The van der Waals surface area contributed by atoms with Crippen molar-refractivity contribution < 1.29 is 9.53 Å². The van der Waals surface area contributed by atoms with Gasteiger partial charge < -0.3 is 9.64 Å². The maximum absolute atomic E-state index is 12.1. The minimum absolute atomic E-state index is 0.0321. The number of tetrazole rings is 1. The lowest BCUT2D eigenvalue weighted by atomic mass is 10.3. The Labute approximate surface area is 133 Å². The SMILES string of the molecule is CN(C(=O)COc1ccc(-n2cnnn2)cc1)c1ccccc1. The van der Waals surface area contributed by atoms with Crippen LogP contribution in [0.15, 0.2) is 60.9 Å². The van der Waals surface area contributed by atoms with Gasteiger partial charge in [0.25, 0.3) is 5.91 Å². The van der Waals surface area contributed by atoms with Gasteiger partial charge in [-0.15, -0.1) is 5.10 Å². The van der Waals surface area contributed by atoms with Crippen molar-refractivity contribution >= 4 is 11.6 Å². The van der Waals surface area contributed by atoms with Crippen molar-refractivity contribution in [3.05, 3.63) is 60.9 Å². The van der Waals surface area contributed by atoms with Crippen LogP contribution in [-0.2, 0) is 4.79 Å². The zero-order valence-electron chi connectivity index (χ0n) is 12.5. The number of nitrogens with zero attached hydrogens (tertiary/aromatic N) is 5. The Hall–Kier alpha value is -3.22. The zero-order chi connectivity index (χ0) is 16.1. The summed E-state index contributed by atoms with van der Waals surface area (Å²) in [4.78, 5) is 13.7. The molecule has 0 aliphatic heterocycles. The summed E-state index contributed by atoms with van der Waals surface area (Å²) in [5.74, 6) is 0.484. The molecule has 1 heterocycles. The molecule has 3 aromatic rings. The van der Waals surface area contributed by atoms with Crippen molar-refractivity contribution in [3.8, 4) is 11.4 Å². The lowest BCUT2D eigenvalue weighted by Crippen LogP contribution is -2.31. The lowest BCUT2D eigenvalue weighted by Gasteiger charge is -2.17. The molecule has 7 nitrogen and oxygen atoms in total. The molecule has 0 aliphatic carbocycles. The number of likely N-dealkylation sites (N-methyl/N-ethyl adjacent to an activating group) is 1. The third-order valence-electron chi connectivity index (χ3n) is 3.33.